The molecule has 0 radical (unpaired) electrons. The fourth-order valence-electron chi connectivity index (χ4n) is 2.64. The summed E-state index contributed by atoms with van der Waals surface area (Å²) in [7, 11) is 2.86. The number of alkyl carbamates (subject to hydrolysis) is 1. The monoisotopic (exact) mass is 454 g/mol. The van der Waals surface area contributed by atoms with E-state index < -0.39 is 17.7 Å². The average Bonchev–Trinajstić information content (AvgIpc) is 2.76. The van der Waals surface area contributed by atoms with Crippen LogP contribution < -0.4 is 10.1 Å². The first-order chi connectivity index (χ1) is 15.7. The molecule has 2 rings (SSSR count). The Hall–Kier alpha value is -3.57. The second kappa shape index (κ2) is 12.5. The molecule has 0 aliphatic rings. The van der Waals surface area contributed by atoms with E-state index in [9.17, 15) is 9.59 Å². The van der Waals surface area contributed by atoms with Crippen LogP contribution >= 0.6 is 0 Å². The molecule has 0 bridgehead atoms. The maximum absolute atomic E-state index is 11.8. The molecule has 0 aliphatic heterocycles. The Balaban J connectivity index is 1.89. The van der Waals surface area contributed by atoms with Crippen LogP contribution in [0.5, 0.6) is 5.75 Å². The molecular weight excluding hydrogens is 424 g/mol. The van der Waals surface area contributed by atoms with E-state index in [2.05, 4.69) is 22.1 Å². The number of aromatic nitrogens is 1. The van der Waals surface area contributed by atoms with E-state index in [1.54, 1.807) is 19.2 Å². The first kappa shape index (κ1) is 25.7. The molecule has 0 atom stereocenters. The third-order valence-electron chi connectivity index (χ3n) is 4.03. The molecule has 1 N–H and O–H groups in total. The van der Waals surface area contributed by atoms with Crippen LogP contribution in [0.4, 0.5) is 4.79 Å². The molecule has 33 heavy (non-hydrogen) atoms. The van der Waals surface area contributed by atoms with E-state index in [1.807, 2.05) is 45.0 Å². The number of nitrogens with zero attached hydrogens (tertiary/aromatic N) is 1. The molecule has 2 aromatic rings. The number of hydrogen-bond donors (Lipinski definition) is 1. The normalized spacial score (nSPS) is 10.6. The minimum Gasteiger partial charge on any atom is -0.494 e. The van der Waals surface area contributed by atoms with Gasteiger partial charge in [-0.25, -0.2) is 14.6 Å². The lowest BCUT2D eigenvalue weighted by atomic mass is 10.1. The van der Waals surface area contributed by atoms with E-state index in [0.717, 1.165) is 5.56 Å². The number of pyridine rings is 1. The van der Waals surface area contributed by atoms with Crippen LogP contribution in [0, 0.1) is 11.8 Å². The van der Waals surface area contributed by atoms with Crippen LogP contribution in [0.1, 0.15) is 54.5 Å². The van der Waals surface area contributed by atoms with Gasteiger partial charge in [0.05, 0.1) is 26.0 Å². The Morgan fingerprint density at radius 3 is 2.36 bits per heavy atom. The summed E-state index contributed by atoms with van der Waals surface area (Å²) >= 11 is 0. The minimum absolute atomic E-state index is 0.182. The van der Waals surface area contributed by atoms with E-state index in [-0.39, 0.29) is 12.3 Å². The van der Waals surface area contributed by atoms with Crippen LogP contribution in [0.3, 0.4) is 0 Å². The number of ether oxygens (including phenoxy) is 4. The highest BCUT2D eigenvalue weighted by Gasteiger charge is 2.15. The molecule has 8 heteroatoms. The van der Waals surface area contributed by atoms with E-state index in [4.69, 9.17) is 18.9 Å². The van der Waals surface area contributed by atoms with Crippen LogP contribution in [0.25, 0.3) is 0 Å². The Morgan fingerprint density at radius 1 is 1.03 bits per heavy atom. The molecule has 1 amide bonds. The standard InChI is InChI=1S/C25H30N2O6/c1-25(2,3)33-24(29)26-13-6-14-32-21-11-9-18(10-12-21)7-8-19-15-20(17-30-4)27-22(16-19)23(28)31-5/h9-12,15-16H,6,13-14,17H2,1-5H3,(H,26,29). The second-order valence-corrected chi connectivity index (χ2v) is 8.06. The summed E-state index contributed by atoms with van der Waals surface area (Å²) in [4.78, 5) is 27.6. The summed E-state index contributed by atoms with van der Waals surface area (Å²) in [6.45, 7) is 6.63. The summed E-state index contributed by atoms with van der Waals surface area (Å²) in [5, 5.41) is 2.69. The maximum atomic E-state index is 11.8. The van der Waals surface area contributed by atoms with Gasteiger partial charge >= 0.3 is 12.1 Å². The Labute approximate surface area is 194 Å². The number of benzene rings is 1. The molecule has 0 spiro atoms. The number of carbonyl (C=O) groups excluding carboxylic acids is 2. The van der Waals surface area contributed by atoms with Crippen molar-refractivity contribution in [2.24, 2.45) is 0 Å². The zero-order valence-corrected chi connectivity index (χ0v) is 19.7. The lowest BCUT2D eigenvalue weighted by Gasteiger charge is -2.19. The highest BCUT2D eigenvalue weighted by Crippen LogP contribution is 2.13. The smallest absolute Gasteiger partial charge is 0.407 e. The zero-order chi connectivity index (χ0) is 24.3. The summed E-state index contributed by atoms with van der Waals surface area (Å²) in [6, 6.07) is 10.7. The number of carbonyl (C=O) groups is 2. The predicted octanol–water partition coefficient (Wildman–Crippen LogP) is 3.71. The topological polar surface area (TPSA) is 96.0 Å². The molecule has 0 unspecified atom stereocenters. The Bertz CT molecular complexity index is 1000. The van der Waals surface area contributed by atoms with Gasteiger partial charge in [-0.05, 0) is 63.6 Å². The van der Waals surface area contributed by atoms with E-state index in [1.165, 1.54) is 7.11 Å². The number of hydrogen-bond acceptors (Lipinski definition) is 7. The van der Waals surface area contributed by atoms with Gasteiger partial charge in [-0.3, -0.25) is 0 Å². The van der Waals surface area contributed by atoms with E-state index >= 15 is 0 Å². The number of rotatable bonds is 8. The molecular formula is C25H30N2O6. The van der Waals surface area contributed by atoms with Gasteiger partial charge in [0.25, 0.3) is 0 Å². The van der Waals surface area contributed by atoms with Crippen molar-refractivity contribution >= 4 is 12.1 Å². The van der Waals surface area contributed by atoms with Gasteiger partial charge in [0.15, 0.2) is 0 Å². The van der Waals surface area contributed by atoms with Crippen molar-refractivity contribution < 1.29 is 28.5 Å². The van der Waals surface area contributed by atoms with Crippen molar-refractivity contribution in [2.75, 3.05) is 27.4 Å². The van der Waals surface area contributed by atoms with Crippen LogP contribution in [-0.4, -0.2) is 50.0 Å². The average molecular weight is 455 g/mol. The van der Waals surface area contributed by atoms with Crippen LogP contribution in [0.15, 0.2) is 36.4 Å². The molecule has 1 heterocycles. The second-order valence-electron chi connectivity index (χ2n) is 8.06. The van der Waals surface area contributed by atoms with Gasteiger partial charge in [0, 0.05) is 24.8 Å². The molecule has 0 fully saturated rings. The number of amides is 1. The SMILES string of the molecule is COCc1cc(C#Cc2ccc(OCCCNC(=O)OC(C)(C)C)cc2)cc(C(=O)OC)n1. The lowest BCUT2D eigenvalue weighted by Crippen LogP contribution is -2.33. The first-order valence-electron chi connectivity index (χ1n) is 10.5. The Morgan fingerprint density at radius 2 is 1.73 bits per heavy atom. The molecule has 0 saturated heterocycles. The van der Waals surface area contributed by atoms with Crippen molar-refractivity contribution in [1.82, 2.24) is 10.3 Å². The van der Waals surface area contributed by atoms with Crippen molar-refractivity contribution in [1.29, 1.82) is 0 Å². The van der Waals surface area contributed by atoms with Gasteiger partial charge < -0.3 is 24.3 Å². The fraction of sp³-hybridized carbons (Fsp3) is 0.400. The molecule has 176 valence electrons. The summed E-state index contributed by atoms with van der Waals surface area (Å²) in [5.41, 5.74) is 1.68. The van der Waals surface area contributed by atoms with Crippen molar-refractivity contribution in [3.8, 4) is 17.6 Å². The first-order valence-corrected chi connectivity index (χ1v) is 10.5. The predicted molar refractivity (Wildman–Crippen MR) is 123 cm³/mol. The molecule has 1 aromatic heterocycles. The lowest BCUT2D eigenvalue weighted by molar-refractivity contribution is 0.0524. The summed E-state index contributed by atoms with van der Waals surface area (Å²) in [5.74, 6) is 6.28. The zero-order valence-electron chi connectivity index (χ0n) is 19.7. The highest BCUT2D eigenvalue weighted by atomic mass is 16.6. The third-order valence-corrected chi connectivity index (χ3v) is 4.03. The van der Waals surface area contributed by atoms with Gasteiger partial charge in [-0.1, -0.05) is 11.8 Å². The number of methoxy groups -OCH3 is 2. The molecule has 8 nitrogen and oxygen atoms in total. The van der Waals surface area contributed by atoms with Gasteiger partial charge in [0.2, 0.25) is 0 Å². The van der Waals surface area contributed by atoms with Crippen molar-refractivity contribution in [2.45, 2.75) is 39.4 Å². The van der Waals surface area contributed by atoms with Crippen molar-refractivity contribution in [3.05, 3.63) is 58.9 Å². The molecule has 0 aliphatic carbocycles. The summed E-state index contributed by atoms with van der Waals surface area (Å²) < 4.78 is 20.7. The van der Waals surface area contributed by atoms with Crippen LogP contribution in [0.2, 0.25) is 0 Å². The van der Waals surface area contributed by atoms with Gasteiger partial charge in [-0.15, -0.1) is 0 Å². The Kier molecular flexibility index (Phi) is 9.70. The van der Waals surface area contributed by atoms with Crippen molar-refractivity contribution in [3.63, 3.8) is 0 Å². The maximum Gasteiger partial charge on any atom is 0.407 e. The van der Waals surface area contributed by atoms with Crippen LogP contribution in [-0.2, 0) is 20.8 Å². The quantitative estimate of drug-likeness (QED) is 0.369. The van der Waals surface area contributed by atoms with Gasteiger partial charge in [-0.2, -0.15) is 0 Å². The van der Waals surface area contributed by atoms with Gasteiger partial charge in [0.1, 0.15) is 17.0 Å². The third kappa shape index (κ3) is 9.62. The number of esters is 1. The largest absolute Gasteiger partial charge is 0.494 e. The fourth-order valence-corrected chi connectivity index (χ4v) is 2.64. The highest BCUT2D eigenvalue weighted by molar-refractivity contribution is 5.87. The summed E-state index contributed by atoms with van der Waals surface area (Å²) in [6.07, 6.45) is 0.211. The number of nitrogens with one attached hydrogen (secondary N) is 1. The van der Waals surface area contributed by atoms with E-state index in [0.29, 0.717) is 36.6 Å². The minimum atomic E-state index is -0.529. The molecule has 0 saturated carbocycles. The molecule has 1 aromatic carbocycles.